The number of aromatic amines is 1. The molecule has 0 atom stereocenters. The van der Waals surface area contributed by atoms with Gasteiger partial charge in [-0.3, -0.25) is 4.79 Å². The van der Waals surface area contributed by atoms with Gasteiger partial charge in [-0.15, -0.1) is 11.3 Å². The maximum Gasteiger partial charge on any atom is 0.260 e. The van der Waals surface area contributed by atoms with Gasteiger partial charge in [0.25, 0.3) is 5.56 Å². The van der Waals surface area contributed by atoms with Crippen LogP contribution in [0.3, 0.4) is 0 Å². The molecule has 4 aromatic rings. The van der Waals surface area contributed by atoms with Gasteiger partial charge in [-0.05, 0) is 60.8 Å². The van der Waals surface area contributed by atoms with Crippen LogP contribution in [0.1, 0.15) is 36.0 Å². The summed E-state index contributed by atoms with van der Waals surface area (Å²) >= 11 is 3.20. The molecule has 0 spiro atoms. The first-order valence-corrected chi connectivity index (χ1v) is 12.4. The van der Waals surface area contributed by atoms with E-state index >= 15 is 0 Å². The Morgan fingerprint density at radius 1 is 1.03 bits per heavy atom. The van der Waals surface area contributed by atoms with Gasteiger partial charge in [-0.1, -0.05) is 60.3 Å². The molecule has 0 saturated heterocycles. The van der Waals surface area contributed by atoms with Gasteiger partial charge in [-0.25, -0.2) is 4.98 Å². The molecule has 2 aromatic carbocycles. The Kier molecular flexibility index (Phi) is 5.73. The molecule has 0 radical (unpaired) electrons. The van der Waals surface area contributed by atoms with E-state index in [-0.39, 0.29) is 5.56 Å². The lowest BCUT2D eigenvalue weighted by atomic mass is 9.89. The standard InChI is InChI=1S/C25H24N2OS2/c28-23-22-21(20-13-12-18-10-4-5-11-19(18)15-20)16-30-24(22)27-25(26-23)29-14-6-9-17-7-2-1-3-8-17/h1-3,7-8,12-13,15-16H,4-6,9-11,14H2,(H,26,27,28). The second-order valence-electron chi connectivity index (χ2n) is 7.83. The maximum atomic E-state index is 12.9. The van der Waals surface area contributed by atoms with Crippen LogP contribution in [0.2, 0.25) is 0 Å². The molecule has 0 unspecified atom stereocenters. The Balaban J connectivity index is 1.34. The number of benzene rings is 2. The normalized spacial score (nSPS) is 13.5. The van der Waals surface area contributed by atoms with E-state index in [2.05, 4.69) is 52.8 Å². The summed E-state index contributed by atoms with van der Waals surface area (Å²) in [5, 5.41) is 3.53. The second kappa shape index (κ2) is 8.78. The maximum absolute atomic E-state index is 12.9. The van der Waals surface area contributed by atoms with Crippen LogP contribution in [-0.4, -0.2) is 15.7 Å². The van der Waals surface area contributed by atoms with Gasteiger partial charge in [0.1, 0.15) is 4.83 Å². The van der Waals surface area contributed by atoms with Crippen molar-refractivity contribution in [2.24, 2.45) is 0 Å². The average molecular weight is 433 g/mol. The van der Waals surface area contributed by atoms with E-state index < -0.39 is 0 Å². The van der Waals surface area contributed by atoms with E-state index in [9.17, 15) is 4.79 Å². The van der Waals surface area contributed by atoms with Crippen molar-refractivity contribution in [2.75, 3.05) is 5.75 Å². The highest BCUT2D eigenvalue weighted by Crippen LogP contribution is 2.34. The van der Waals surface area contributed by atoms with Crippen molar-refractivity contribution in [3.63, 3.8) is 0 Å². The molecule has 0 amide bonds. The molecule has 1 aliphatic carbocycles. The number of fused-ring (bicyclic) bond motifs is 2. The molecule has 5 rings (SSSR count). The fraction of sp³-hybridized carbons (Fsp3) is 0.280. The van der Waals surface area contributed by atoms with Crippen molar-refractivity contribution < 1.29 is 0 Å². The van der Waals surface area contributed by atoms with Gasteiger partial charge >= 0.3 is 0 Å². The summed E-state index contributed by atoms with van der Waals surface area (Å²) in [5.74, 6) is 0.937. The van der Waals surface area contributed by atoms with Crippen LogP contribution in [0.4, 0.5) is 0 Å². The summed E-state index contributed by atoms with van der Waals surface area (Å²) < 4.78 is 0. The Bertz CT molecular complexity index is 1230. The number of H-pyrrole nitrogens is 1. The molecule has 2 aromatic heterocycles. The minimum atomic E-state index is -0.0282. The molecule has 0 fully saturated rings. The van der Waals surface area contributed by atoms with E-state index in [0.717, 1.165) is 51.5 Å². The van der Waals surface area contributed by atoms with Gasteiger partial charge < -0.3 is 4.98 Å². The third-order valence-corrected chi connectivity index (χ3v) is 7.60. The molecule has 3 nitrogen and oxygen atoms in total. The Labute approximate surface area is 184 Å². The number of aromatic nitrogens is 2. The zero-order chi connectivity index (χ0) is 20.3. The molecule has 30 heavy (non-hydrogen) atoms. The van der Waals surface area contributed by atoms with E-state index in [1.807, 2.05) is 6.07 Å². The quantitative estimate of drug-likeness (QED) is 0.222. The van der Waals surface area contributed by atoms with Gasteiger partial charge in [0, 0.05) is 16.7 Å². The van der Waals surface area contributed by atoms with Gasteiger partial charge in [-0.2, -0.15) is 0 Å². The SMILES string of the molecule is O=c1[nH]c(SCCCc2ccccc2)nc2scc(-c3ccc4c(c3)CCCC4)c12. The zero-order valence-corrected chi connectivity index (χ0v) is 18.5. The summed E-state index contributed by atoms with van der Waals surface area (Å²) in [6.45, 7) is 0. The first kappa shape index (κ1) is 19.6. The van der Waals surface area contributed by atoms with E-state index in [1.165, 1.54) is 36.0 Å². The highest BCUT2D eigenvalue weighted by molar-refractivity contribution is 7.99. The van der Waals surface area contributed by atoms with E-state index in [0.29, 0.717) is 0 Å². The molecule has 0 saturated carbocycles. The zero-order valence-electron chi connectivity index (χ0n) is 16.8. The lowest BCUT2D eigenvalue weighted by Crippen LogP contribution is -2.09. The highest BCUT2D eigenvalue weighted by Gasteiger charge is 2.16. The average Bonchev–Trinajstić information content (AvgIpc) is 3.22. The molecular weight excluding hydrogens is 408 g/mol. The summed E-state index contributed by atoms with van der Waals surface area (Å²) in [6, 6.07) is 17.2. The van der Waals surface area contributed by atoms with Crippen LogP contribution in [-0.2, 0) is 19.3 Å². The molecule has 1 aliphatic rings. The first-order chi connectivity index (χ1) is 14.8. The van der Waals surface area contributed by atoms with Crippen LogP contribution in [0.25, 0.3) is 21.3 Å². The number of nitrogens with one attached hydrogen (secondary N) is 1. The van der Waals surface area contributed by atoms with Crippen molar-refractivity contribution in [1.82, 2.24) is 9.97 Å². The van der Waals surface area contributed by atoms with Crippen LogP contribution in [0.5, 0.6) is 0 Å². The summed E-state index contributed by atoms with van der Waals surface area (Å²) in [6.07, 6.45) is 6.95. The smallest absolute Gasteiger partial charge is 0.260 e. The number of thioether (sulfide) groups is 1. The van der Waals surface area contributed by atoms with Crippen LogP contribution in [0.15, 0.2) is 63.9 Å². The minimum absolute atomic E-state index is 0.0282. The lowest BCUT2D eigenvalue weighted by Gasteiger charge is -2.16. The summed E-state index contributed by atoms with van der Waals surface area (Å²) in [7, 11) is 0. The number of thiophene rings is 1. The second-order valence-corrected chi connectivity index (χ2v) is 9.77. The molecule has 0 bridgehead atoms. The van der Waals surface area contributed by atoms with E-state index in [4.69, 9.17) is 4.98 Å². The van der Waals surface area contributed by atoms with Gasteiger partial charge in [0.15, 0.2) is 5.16 Å². The number of rotatable bonds is 6. The third-order valence-electron chi connectivity index (χ3n) is 5.77. The van der Waals surface area contributed by atoms with Crippen LogP contribution in [0, 0.1) is 0 Å². The highest BCUT2D eigenvalue weighted by atomic mass is 32.2. The van der Waals surface area contributed by atoms with Crippen molar-refractivity contribution in [1.29, 1.82) is 0 Å². The number of hydrogen-bond acceptors (Lipinski definition) is 4. The molecule has 5 heteroatoms. The van der Waals surface area contributed by atoms with E-state index in [1.54, 1.807) is 23.1 Å². The van der Waals surface area contributed by atoms with Crippen molar-refractivity contribution in [2.45, 2.75) is 43.7 Å². The Morgan fingerprint density at radius 3 is 2.73 bits per heavy atom. The Morgan fingerprint density at radius 2 is 1.87 bits per heavy atom. The lowest BCUT2D eigenvalue weighted by molar-refractivity contribution is 0.686. The van der Waals surface area contributed by atoms with Crippen molar-refractivity contribution in [3.8, 4) is 11.1 Å². The number of hydrogen-bond donors (Lipinski definition) is 1. The van der Waals surface area contributed by atoms with Gasteiger partial charge in [0.2, 0.25) is 0 Å². The number of nitrogens with zero attached hydrogens (tertiary/aromatic N) is 1. The molecular formula is C25H24N2OS2. The van der Waals surface area contributed by atoms with Crippen molar-refractivity contribution in [3.05, 3.63) is 81.0 Å². The topological polar surface area (TPSA) is 45.8 Å². The largest absolute Gasteiger partial charge is 0.301 e. The molecule has 2 heterocycles. The van der Waals surface area contributed by atoms with Crippen LogP contribution >= 0.6 is 23.1 Å². The number of aryl methyl sites for hydroxylation is 3. The van der Waals surface area contributed by atoms with Crippen molar-refractivity contribution >= 4 is 33.3 Å². The predicted molar refractivity (Wildman–Crippen MR) is 128 cm³/mol. The predicted octanol–water partition coefficient (Wildman–Crippen LogP) is 6.26. The molecule has 0 aliphatic heterocycles. The molecule has 152 valence electrons. The van der Waals surface area contributed by atoms with Crippen LogP contribution < -0.4 is 5.56 Å². The monoisotopic (exact) mass is 432 g/mol. The first-order valence-electron chi connectivity index (χ1n) is 10.6. The fourth-order valence-corrected chi connectivity index (χ4v) is 6.01. The minimum Gasteiger partial charge on any atom is -0.301 e. The van der Waals surface area contributed by atoms with Gasteiger partial charge in [0.05, 0.1) is 5.39 Å². The fourth-order valence-electron chi connectivity index (χ4n) is 4.20. The summed E-state index contributed by atoms with van der Waals surface area (Å²) in [4.78, 5) is 21.5. The summed E-state index contributed by atoms with van der Waals surface area (Å²) in [5.41, 5.74) is 6.37. The molecule has 1 N–H and O–H groups in total. The Hall–Kier alpha value is -2.37. The third kappa shape index (κ3) is 4.09.